The van der Waals surface area contributed by atoms with Crippen molar-refractivity contribution < 1.29 is 0 Å². The molecule has 21 heavy (non-hydrogen) atoms. The Morgan fingerprint density at radius 3 is 2.57 bits per heavy atom. The normalized spacial score (nSPS) is 33.1. The second-order valence-corrected chi connectivity index (χ2v) is 8.82. The fourth-order valence-electron chi connectivity index (χ4n) is 3.46. The van der Waals surface area contributed by atoms with Gasteiger partial charge in [0.15, 0.2) is 5.17 Å². The number of nitrogens with one attached hydrogen (secondary N) is 1. The van der Waals surface area contributed by atoms with Crippen LogP contribution in [0, 0.1) is 11.8 Å². The zero-order chi connectivity index (χ0) is 15.5. The molecule has 1 heterocycles. The summed E-state index contributed by atoms with van der Waals surface area (Å²) in [5, 5.41) is 5.00. The lowest BCUT2D eigenvalue weighted by atomic mass is 9.78. The zero-order valence-electron chi connectivity index (χ0n) is 14.5. The van der Waals surface area contributed by atoms with E-state index in [0.29, 0.717) is 17.5 Å². The lowest BCUT2D eigenvalue weighted by Crippen LogP contribution is -2.46. The first-order valence-corrected chi connectivity index (χ1v) is 9.50. The molecule has 1 aliphatic heterocycles. The molecule has 0 bridgehead atoms. The van der Waals surface area contributed by atoms with Crippen molar-refractivity contribution in [1.82, 2.24) is 10.2 Å². The van der Waals surface area contributed by atoms with Crippen LogP contribution < -0.4 is 5.32 Å². The Kier molecular flexibility index (Phi) is 6.01. The fourth-order valence-corrected chi connectivity index (χ4v) is 4.74. The summed E-state index contributed by atoms with van der Waals surface area (Å²) in [5.74, 6) is 2.83. The van der Waals surface area contributed by atoms with Crippen LogP contribution in [0.1, 0.15) is 52.9 Å². The molecule has 3 nitrogen and oxygen atoms in total. The van der Waals surface area contributed by atoms with Crippen LogP contribution in [-0.2, 0) is 0 Å². The molecule has 0 aromatic rings. The molecular formula is C17H33N3S. The molecule has 122 valence electrons. The minimum Gasteiger partial charge on any atom is -0.359 e. The summed E-state index contributed by atoms with van der Waals surface area (Å²) < 4.78 is 0. The van der Waals surface area contributed by atoms with E-state index in [2.05, 4.69) is 45.1 Å². The van der Waals surface area contributed by atoms with Crippen LogP contribution >= 0.6 is 11.8 Å². The molecule has 1 spiro atoms. The summed E-state index contributed by atoms with van der Waals surface area (Å²) in [5.41, 5.74) is 0.358. The molecular weight excluding hydrogens is 278 g/mol. The van der Waals surface area contributed by atoms with Gasteiger partial charge in [0, 0.05) is 17.8 Å². The third kappa shape index (κ3) is 5.17. The Bertz CT molecular complexity index is 347. The smallest absolute Gasteiger partial charge is 0.157 e. The first-order valence-electron chi connectivity index (χ1n) is 8.52. The Balaban J connectivity index is 1.96. The second kappa shape index (κ2) is 7.36. The quantitative estimate of drug-likeness (QED) is 0.840. The second-order valence-electron chi connectivity index (χ2n) is 7.86. The molecule has 1 atom stereocenters. The molecule has 1 aliphatic carbocycles. The molecule has 2 rings (SSSR count). The van der Waals surface area contributed by atoms with Crippen molar-refractivity contribution in [3.63, 3.8) is 0 Å². The average molecular weight is 312 g/mol. The zero-order valence-corrected chi connectivity index (χ0v) is 15.3. The van der Waals surface area contributed by atoms with Gasteiger partial charge >= 0.3 is 0 Å². The van der Waals surface area contributed by atoms with Gasteiger partial charge in [-0.2, -0.15) is 0 Å². The van der Waals surface area contributed by atoms with E-state index in [-0.39, 0.29) is 0 Å². The Morgan fingerprint density at radius 2 is 2.00 bits per heavy atom. The van der Waals surface area contributed by atoms with E-state index in [4.69, 9.17) is 4.99 Å². The summed E-state index contributed by atoms with van der Waals surface area (Å²) in [6.07, 6.45) is 6.56. The van der Waals surface area contributed by atoms with Crippen LogP contribution in [0.3, 0.4) is 0 Å². The van der Waals surface area contributed by atoms with Crippen molar-refractivity contribution >= 4 is 16.9 Å². The molecule has 4 heteroatoms. The minimum atomic E-state index is 0.358. The summed E-state index contributed by atoms with van der Waals surface area (Å²) in [7, 11) is 4.29. The molecule has 2 fully saturated rings. The van der Waals surface area contributed by atoms with E-state index in [1.165, 1.54) is 43.0 Å². The number of likely N-dealkylation sites (N-methyl/N-ethyl adjacent to an activating group) is 1. The highest BCUT2D eigenvalue weighted by Crippen LogP contribution is 2.38. The van der Waals surface area contributed by atoms with Crippen LogP contribution in [0.15, 0.2) is 4.99 Å². The standard InChI is InChI=1S/C17H33N3S/c1-13(2)10-15(11-20(4)5)18-16-19-17(12-21-16)8-6-14(3)7-9-17/h13-15H,6-12H2,1-5H3,(H,18,19). The average Bonchev–Trinajstić information content (AvgIpc) is 2.75. The summed E-state index contributed by atoms with van der Waals surface area (Å²) in [6, 6.07) is 0.424. The van der Waals surface area contributed by atoms with Crippen molar-refractivity contribution in [3.8, 4) is 0 Å². The molecule has 0 radical (unpaired) electrons. The van der Waals surface area contributed by atoms with Crippen molar-refractivity contribution in [2.24, 2.45) is 16.8 Å². The predicted molar refractivity (Wildman–Crippen MR) is 95.2 cm³/mol. The lowest BCUT2D eigenvalue weighted by molar-refractivity contribution is 0.250. The third-order valence-electron chi connectivity index (χ3n) is 4.71. The van der Waals surface area contributed by atoms with E-state index in [9.17, 15) is 0 Å². The van der Waals surface area contributed by atoms with Gasteiger partial charge in [-0.1, -0.05) is 32.5 Å². The molecule has 0 aromatic carbocycles. The topological polar surface area (TPSA) is 27.6 Å². The van der Waals surface area contributed by atoms with Crippen molar-refractivity contribution in [3.05, 3.63) is 0 Å². The Morgan fingerprint density at radius 1 is 1.33 bits per heavy atom. The van der Waals surface area contributed by atoms with Gasteiger partial charge in [0.05, 0.1) is 6.04 Å². The molecule has 1 saturated heterocycles. The maximum atomic E-state index is 5.05. The van der Waals surface area contributed by atoms with Gasteiger partial charge in [-0.3, -0.25) is 4.99 Å². The largest absolute Gasteiger partial charge is 0.359 e. The minimum absolute atomic E-state index is 0.358. The lowest BCUT2D eigenvalue weighted by Gasteiger charge is -2.35. The third-order valence-corrected chi connectivity index (χ3v) is 5.89. The van der Waals surface area contributed by atoms with E-state index in [1.54, 1.807) is 0 Å². The molecule has 1 saturated carbocycles. The number of aliphatic imine (C=N–C) groups is 1. The van der Waals surface area contributed by atoms with Crippen LogP contribution in [0.5, 0.6) is 0 Å². The summed E-state index contributed by atoms with van der Waals surface area (Å²) in [4.78, 5) is 7.31. The van der Waals surface area contributed by atoms with Crippen LogP contribution in [-0.4, -0.2) is 48.0 Å². The number of rotatable bonds is 5. The van der Waals surface area contributed by atoms with E-state index in [0.717, 1.165) is 12.5 Å². The number of thioether (sulfide) groups is 1. The van der Waals surface area contributed by atoms with Crippen LogP contribution in [0.25, 0.3) is 0 Å². The Hall–Kier alpha value is -0.220. The number of amidine groups is 1. The van der Waals surface area contributed by atoms with E-state index < -0.39 is 0 Å². The van der Waals surface area contributed by atoms with Gasteiger partial charge in [0.1, 0.15) is 0 Å². The van der Waals surface area contributed by atoms with E-state index in [1.807, 2.05) is 11.8 Å². The number of hydrogen-bond donors (Lipinski definition) is 1. The maximum Gasteiger partial charge on any atom is 0.157 e. The van der Waals surface area contributed by atoms with Crippen LogP contribution in [0.4, 0.5) is 0 Å². The van der Waals surface area contributed by atoms with Gasteiger partial charge in [0.25, 0.3) is 0 Å². The Labute approximate surface area is 135 Å². The first kappa shape index (κ1) is 17.1. The molecule has 0 amide bonds. The van der Waals surface area contributed by atoms with Crippen LogP contribution in [0.2, 0.25) is 0 Å². The van der Waals surface area contributed by atoms with Crippen molar-refractivity contribution in [2.45, 2.75) is 64.5 Å². The summed E-state index contributed by atoms with van der Waals surface area (Å²) >= 11 is 1.95. The number of hydrogen-bond acceptors (Lipinski definition) is 3. The fraction of sp³-hybridized carbons (Fsp3) is 0.941. The monoisotopic (exact) mass is 311 g/mol. The SMILES string of the molecule is CC(C)CC(CN(C)C)N=C1NC2(CCC(C)CC2)CS1. The van der Waals surface area contributed by atoms with Gasteiger partial charge in [-0.25, -0.2) is 0 Å². The maximum absolute atomic E-state index is 5.05. The highest BCUT2D eigenvalue weighted by atomic mass is 32.2. The van der Waals surface area contributed by atoms with Crippen molar-refractivity contribution in [1.29, 1.82) is 0 Å². The number of nitrogens with zero attached hydrogens (tertiary/aromatic N) is 2. The first-order chi connectivity index (χ1) is 9.88. The van der Waals surface area contributed by atoms with Gasteiger partial charge in [0.2, 0.25) is 0 Å². The molecule has 2 aliphatic rings. The highest BCUT2D eigenvalue weighted by molar-refractivity contribution is 8.14. The highest BCUT2D eigenvalue weighted by Gasteiger charge is 2.39. The molecule has 0 aromatic heterocycles. The molecule has 1 N–H and O–H groups in total. The van der Waals surface area contributed by atoms with Gasteiger partial charge < -0.3 is 10.2 Å². The van der Waals surface area contributed by atoms with Gasteiger partial charge in [-0.05, 0) is 58.0 Å². The summed E-state index contributed by atoms with van der Waals surface area (Å²) in [6.45, 7) is 8.03. The predicted octanol–water partition coefficient (Wildman–Crippen LogP) is 3.60. The van der Waals surface area contributed by atoms with Crippen molar-refractivity contribution in [2.75, 3.05) is 26.4 Å². The molecule has 1 unspecified atom stereocenters. The van der Waals surface area contributed by atoms with E-state index >= 15 is 0 Å². The van der Waals surface area contributed by atoms with Gasteiger partial charge in [-0.15, -0.1) is 0 Å².